The molecule has 1 rings (SSSR count). The van der Waals surface area contributed by atoms with E-state index in [9.17, 15) is 9.59 Å². The second-order valence-corrected chi connectivity index (χ2v) is 4.85. The molecule has 21 heavy (non-hydrogen) atoms. The van der Waals surface area contributed by atoms with Crippen molar-refractivity contribution >= 4 is 12.1 Å². The van der Waals surface area contributed by atoms with Gasteiger partial charge < -0.3 is 14.8 Å². The molecule has 0 saturated heterocycles. The van der Waals surface area contributed by atoms with Gasteiger partial charge in [-0.05, 0) is 33.3 Å². The van der Waals surface area contributed by atoms with E-state index in [1.807, 2.05) is 5.32 Å². The Bertz CT molecular complexity index is 795. The lowest BCUT2D eigenvalue weighted by atomic mass is 10.0. The number of carbonyl (C=O) groups is 2. The predicted molar refractivity (Wildman–Crippen MR) is 79.8 cm³/mol. The number of carbonyl (C=O) groups excluding carboxylic acids is 2. The summed E-state index contributed by atoms with van der Waals surface area (Å²) >= 11 is 0. The molecule has 1 N–H and O–H groups in total. The number of amides is 1. The SMILES string of the molecule is [2H]c1c([2H])c([2H])c([C@@]([2H])(NC(=O)OC(C)(C)C)C([2H])([2H])C(=O)OCC)c([2H])c1[2H]. The van der Waals surface area contributed by atoms with Gasteiger partial charge in [0.25, 0.3) is 0 Å². The number of hydrogen-bond donors (Lipinski definition) is 1. The fourth-order valence-electron chi connectivity index (χ4n) is 1.21. The van der Waals surface area contributed by atoms with E-state index in [0.29, 0.717) is 0 Å². The molecule has 0 aromatic heterocycles. The highest BCUT2D eigenvalue weighted by molar-refractivity contribution is 5.73. The molecule has 1 atom stereocenters. The van der Waals surface area contributed by atoms with Crippen molar-refractivity contribution in [3.63, 3.8) is 0 Å². The Labute approximate surface area is 136 Å². The Morgan fingerprint density at radius 1 is 1.38 bits per heavy atom. The molecule has 0 saturated carbocycles. The van der Waals surface area contributed by atoms with Gasteiger partial charge >= 0.3 is 12.1 Å². The first kappa shape index (κ1) is 8.41. The summed E-state index contributed by atoms with van der Waals surface area (Å²) in [6, 6.07) is -7.55. The molecule has 5 heteroatoms. The number of esters is 1. The Morgan fingerprint density at radius 3 is 2.52 bits per heavy atom. The average molecular weight is 301 g/mol. The van der Waals surface area contributed by atoms with Gasteiger partial charge in [0.05, 0.1) is 27.2 Å². The number of alkyl carbamates (subject to hydrolysis) is 1. The molecule has 5 nitrogen and oxygen atoms in total. The van der Waals surface area contributed by atoms with Crippen LogP contribution in [0.4, 0.5) is 4.79 Å². The normalized spacial score (nSPS) is 20.0. The second-order valence-electron chi connectivity index (χ2n) is 4.85. The predicted octanol–water partition coefficient (Wildman–Crippen LogP) is 3.21. The summed E-state index contributed by atoms with van der Waals surface area (Å²) in [5.41, 5.74) is -1.99. The van der Waals surface area contributed by atoms with Crippen molar-refractivity contribution in [1.82, 2.24) is 5.32 Å². The zero-order valence-corrected chi connectivity index (χ0v) is 12.3. The van der Waals surface area contributed by atoms with Crippen molar-refractivity contribution in [3.05, 3.63) is 35.8 Å². The molecular weight excluding hydrogens is 270 g/mol. The van der Waals surface area contributed by atoms with Gasteiger partial charge in [-0.3, -0.25) is 4.79 Å². The highest BCUT2D eigenvalue weighted by Gasteiger charge is 2.22. The lowest BCUT2D eigenvalue weighted by Crippen LogP contribution is -2.36. The molecule has 1 amide bonds. The van der Waals surface area contributed by atoms with Gasteiger partial charge in [-0.15, -0.1) is 0 Å². The van der Waals surface area contributed by atoms with E-state index in [1.165, 1.54) is 27.7 Å². The fraction of sp³-hybridized carbons (Fsp3) is 0.500. The average Bonchev–Trinajstić information content (AvgIpc) is 2.56. The van der Waals surface area contributed by atoms with Crippen molar-refractivity contribution in [2.24, 2.45) is 0 Å². The summed E-state index contributed by atoms with van der Waals surface area (Å²) in [6.07, 6.45) is -4.67. The molecule has 0 fully saturated rings. The smallest absolute Gasteiger partial charge is 0.408 e. The Kier molecular flexibility index (Phi) is 3.07. The van der Waals surface area contributed by atoms with Crippen LogP contribution in [0.2, 0.25) is 0 Å². The van der Waals surface area contributed by atoms with Gasteiger partial charge in [0.15, 0.2) is 0 Å². The first-order valence-electron chi connectivity index (χ1n) is 10.3. The maximum atomic E-state index is 12.3. The number of ether oxygens (including phenoxy) is 2. The Hall–Kier alpha value is -2.04. The van der Waals surface area contributed by atoms with Crippen molar-refractivity contribution in [3.8, 4) is 0 Å². The third-order valence-electron chi connectivity index (χ3n) is 1.88. The fourth-order valence-corrected chi connectivity index (χ4v) is 1.21. The summed E-state index contributed by atoms with van der Waals surface area (Å²) in [7, 11) is 0. The van der Waals surface area contributed by atoms with Crippen LogP contribution in [0.15, 0.2) is 30.2 Å². The molecule has 0 aliphatic carbocycles. The minimum absolute atomic E-state index is 0.249. The summed E-state index contributed by atoms with van der Waals surface area (Å²) in [5, 5.41) is 1.86. The van der Waals surface area contributed by atoms with Crippen molar-refractivity contribution in [1.29, 1.82) is 0 Å². The van der Waals surface area contributed by atoms with Crippen LogP contribution in [0.1, 0.15) is 56.6 Å². The van der Waals surface area contributed by atoms with Crippen LogP contribution in [0.25, 0.3) is 0 Å². The van der Waals surface area contributed by atoms with Crippen LogP contribution in [0.3, 0.4) is 0 Å². The van der Waals surface area contributed by atoms with Crippen LogP contribution in [-0.4, -0.2) is 24.3 Å². The molecule has 0 bridgehead atoms. The van der Waals surface area contributed by atoms with Crippen molar-refractivity contribution in [2.75, 3.05) is 6.61 Å². The van der Waals surface area contributed by atoms with Gasteiger partial charge in [-0.25, -0.2) is 4.79 Å². The van der Waals surface area contributed by atoms with Crippen LogP contribution in [0, 0.1) is 0 Å². The van der Waals surface area contributed by atoms with Gasteiger partial charge in [0, 0.05) is 2.74 Å². The van der Waals surface area contributed by atoms with E-state index in [2.05, 4.69) is 4.74 Å². The topological polar surface area (TPSA) is 64.6 Å². The van der Waals surface area contributed by atoms with E-state index >= 15 is 0 Å². The number of benzene rings is 1. The Morgan fingerprint density at radius 2 is 2.00 bits per heavy atom. The lowest BCUT2D eigenvalue weighted by Gasteiger charge is -2.23. The minimum atomic E-state index is -3.34. The third kappa shape index (κ3) is 6.79. The quantitative estimate of drug-likeness (QED) is 0.848. The van der Waals surface area contributed by atoms with E-state index < -0.39 is 65.8 Å². The van der Waals surface area contributed by atoms with Crippen LogP contribution in [0.5, 0.6) is 0 Å². The van der Waals surface area contributed by atoms with Crippen LogP contribution in [-0.2, 0) is 14.3 Å². The molecule has 0 spiro atoms. The highest BCUT2D eigenvalue weighted by Crippen LogP contribution is 2.18. The van der Waals surface area contributed by atoms with E-state index in [-0.39, 0.29) is 6.61 Å². The van der Waals surface area contributed by atoms with Gasteiger partial charge in [0.1, 0.15) is 5.60 Å². The molecule has 1 aromatic carbocycles. The molecule has 0 radical (unpaired) electrons. The maximum Gasteiger partial charge on any atom is 0.408 e. The first-order chi connectivity index (χ1) is 13.0. The Balaban J connectivity index is 3.80. The van der Waals surface area contributed by atoms with Crippen molar-refractivity contribution in [2.45, 2.75) is 45.7 Å². The molecule has 1 aromatic rings. The van der Waals surface area contributed by atoms with Crippen LogP contribution >= 0.6 is 0 Å². The van der Waals surface area contributed by atoms with Gasteiger partial charge in [-0.2, -0.15) is 0 Å². The zero-order valence-electron chi connectivity index (χ0n) is 20.3. The summed E-state index contributed by atoms with van der Waals surface area (Å²) in [5.74, 6) is -1.56. The van der Waals surface area contributed by atoms with Crippen LogP contribution < -0.4 is 5.32 Å². The molecule has 116 valence electrons. The summed E-state index contributed by atoms with van der Waals surface area (Å²) < 4.78 is 73.8. The number of rotatable bonds is 5. The van der Waals surface area contributed by atoms with Gasteiger partial charge in [0.2, 0.25) is 0 Å². The standard InChI is InChI=1S/C16H23NO4/c1-5-20-14(18)11-13(12-9-7-6-8-10-12)17-15(19)21-16(2,3)4/h6-10,13H,5,11H2,1-4H3,(H,17,19)/t13-/m0/s1/i6D,7D,8D,9D,10D,11D2,13D. The second kappa shape index (κ2) is 7.67. The maximum absolute atomic E-state index is 12.3. The molecular formula is C16H23NO4. The lowest BCUT2D eigenvalue weighted by molar-refractivity contribution is -0.143. The van der Waals surface area contributed by atoms with Crippen molar-refractivity contribution < 1.29 is 30.0 Å². The first-order valence-corrected chi connectivity index (χ1v) is 6.27. The summed E-state index contributed by atoms with van der Waals surface area (Å²) in [4.78, 5) is 24.6. The van der Waals surface area contributed by atoms with E-state index in [1.54, 1.807) is 0 Å². The van der Waals surface area contributed by atoms with Gasteiger partial charge in [-0.1, -0.05) is 30.2 Å². The molecule has 0 unspecified atom stereocenters. The number of hydrogen-bond acceptors (Lipinski definition) is 4. The molecule has 0 aliphatic heterocycles. The molecule has 0 aliphatic rings. The number of nitrogens with one attached hydrogen (secondary N) is 1. The zero-order chi connectivity index (χ0) is 22.9. The largest absolute Gasteiger partial charge is 0.466 e. The monoisotopic (exact) mass is 301 g/mol. The summed E-state index contributed by atoms with van der Waals surface area (Å²) in [6.45, 7) is 5.65. The van der Waals surface area contributed by atoms with E-state index in [0.717, 1.165) is 0 Å². The van der Waals surface area contributed by atoms with E-state index in [4.69, 9.17) is 15.7 Å². The highest BCUT2D eigenvalue weighted by atomic mass is 16.6. The minimum Gasteiger partial charge on any atom is -0.466 e. The third-order valence-corrected chi connectivity index (χ3v) is 1.88. The molecule has 0 heterocycles.